The van der Waals surface area contributed by atoms with Gasteiger partial charge in [0.05, 0.1) is 22.1 Å². The molecule has 0 atom stereocenters. The van der Waals surface area contributed by atoms with Crippen molar-refractivity contribution in [2.75, 3.05) is 5.32 Å². The smallest absolute Gasteiger partial charge is 0.270 e. The average molecular weight is 409 g/mol. The van der Waals surface area contributed by atoms with Crippen LogP contribution in [0.25, 0.3) is 0 Å². The van der Waals surface area contributed by atoms with Crippen molar-refractivity contribution in [1.82, 2.24) is 9.78 Å². The minimum absolute atomic E-state index is 0.0578. The summed E-state index contributed by atoms with van der Waals surface area (Å²) in [4.78, 5) is 22.6. The number of rotatable bonds is 5. The molecule has 2 aromatic carbocycles. The van der Waals surface area contributed by atoms with Crippen molar-refractivity contribution in [3.63, 3.8) is 0 Å². The highest BCUT2D eigenvalue weighted by atomic mass is 35.5. The second kappa shape index (κ2) is 7.73. The zero-order chi connectivity index (χ0) is 19.6. The summed E-state index contributed by atoms with van der Waals surface area (Å²) >= 11 is 11.9. The highest BCUT2D eigenvalue weighted by Crippen LogP contribution is 2.23. The van der Waals surface area contributed by atoms with Gasteiger partial charge in [-0.05, 0) is 18.2 Å². The predicted molar refractivity (Wildman–Crippen MR) is 98.8 cm³/mol. The van der Waals surface area contributed by atoms with Crippen LogP contribution >= 0.6 is 23.2 Å². The molecule has 0 saturated carbocycles. The van der Waals surface area contributed by atoms with E-state index >= 15 is 0 Å². The Labute approximate surface area is 162 Å². The van der Waals surface area contributed by atoms with Gasteiger partial charge in [0.25, 0.3) is 11.6 Å². The molecule has 7 nitrogen and oxygen atoms in total. The summed E-state index contributed by atoms with van der Waals surface area (Å²) in [6.07, 6.45) is 1.54. The topological polar surface area (TPSA) is 90.1 Å². The van der Waals surface area contributed by atoms with Gasteiger partial charge in [-0.3, -0.25) is 19.6 Å². The van der Waals surface area contributed by atoms with Crippen LogP contribution in [0.1, 0.15) is 15.9 Å². The number of benzene rings is 2. The molecule has 1 aromatic heterocycles. The molecular formula is C17H11Cl2FN4O3. The fourth-order valence-electron chi connectivity index (χ4n) is 2.35. The average Bonchev–Trinajstić information content (AvgIpc) is 3.05. The van der Waals surface area contributed by atoms with E-state index in [0.29, 0.717) is 0 Å². The van der Waals surface area contributed by atoms with Crippen LogP contribution in [0.4, 0.5) is 15.9 Å². The van der Waals surface area contributed by atoms with E-state index in [0.717, 1.165) is 6.07 Å². The molecule has 3 rings (SSSR count). The van der Waals surface area contributed by atoms with E-state index in [1.54, 1.807) is 6.07 Å². The molecule has 27 heavy (non-hydrogen) atoms. The van der Waals surface area contributed by atoms with Gasteiger partial charge in [-0.1, -0.05) is 29.3 Å². The van der Waals surface area contributed by atoms with E-state index in [2.05, 4.69) is 10.4 Å². The molecule has 0 radical (unpaired) electrons. The lowest BCUT2D eigenvalue weighted by atomic mass is 10.2. The van der Waals surface area contributed by atoms with Crippen molar-refractivity contribution in [1.29, 1.82) is 0 Å². The quantitative estimate of drug-likeness (QED) is 0.495. The zero-order valence-electron chi connectivity index (χ0n) is 13.5. The van der Waals surface area contributed by atoms with Crippen LogP contribution in [-0.2, 0) is 6.54 Å². The summed E-state index contributed by atoms with van der Waals surface area (Å²) in [6, 6.07) is 9.40. The third-order valence-corrected chi connectivity index (χ3v) is 4.35. The molecule has 1 amide bonds. The van der Waals surface area contributed by atoms with Crippen molar-refractivity contribution in [2.45, 2.75) is 6.54 Å². The van der Waals surface area contributed by atoms with Gasteiger partial charge in [0.15, 0.2) is 5.82 Å². The Bertz CT molecular complexity index is 1020. The number of aromatic nitrogens is 2. The summed E-state index contributed by atoms with van der Waals surface area (Å²) in [5, 5.41) is 17.8. The number of carbonyl (C=O) groups excluding carboxylic acids is 1. The van der Waals surface area contributed by atoms with Gasteiger partial charge in [-0.15, -0.1) is 0 Å². The molecule has 0 bridgehead atoms. The van der Waals surface area contributed by atoms with E-state index in [-0.39, 0.29) is 39.2 Å². The number of nitrogens with one attached hydrogen (secondary N) is 1. The first-order valence-electron chi connectivity index (χ1n) is 7.57. The van der Waals surface area contributed by atoms with Crippen molar-refractivity contribution in [3.05, 3.63) is 85.8 Å². The Balaban J connectivity index is 1.77. The standard InChI is InChI=1S/C17H11Cl2FN4O3/c18-13-2-1-3-15(20)12(13)9-23-7-6-16(22-23)21-17(25)11-8-10(24(26)27)4-5-14(11)19/h1-8H,9H2,(H,21,22,25). The second-order valence-corrected chi connectivity index (χ2v) is 6.29. The molecule has 138 valence electrons. The van der Waals surface area contributed by atoms with Gasteiger partial charge in [0.1, 0.15) is 5.82 Å². The van der Waals surface area contributed by atoms with Crippen LogP contribution in [-0.4, -0.2) is 20.6 Å². The van der Waals surface area contributed by atoms with Crippen molar-refractivity contribution in [3.8, 4) is 0 Å². The number of nitro benzene ring substituents is 1. The maximum absolute atomic E-state index is 13.9. The van der Waals surface area contributed by atoms with E-state index in [4.69, 9.17) is 23.2 Å². The van der Waals surface area contributed by atoms with E-state index in [1.165, 1.54) is 41.2 Å². The molecule has 0 unspecified atom stereocenters. The molecule has 0 aliphatic rings. The van der Waals surface area contributed by atoms with Crippen LogP contribution in [0, 0.1) is 15.9 Å². The first-order valence-corrected chi connectivity index (χ1v) is 8.32. The fourth-order valence-corrected chi connectivity index (χ4v) is 2.77. The lowest BCUT2D eigenvalue weighted by molar-refractivity contribution is -0.384. The SMILES string of the molecule is O=C(Nc1ccn(Cc2c(F)cccc2Cl)n1)c1cc([N+](=O)[O-])ccc1Cl. The molecule has 0 aliphatic heterocycles. The number of non-ortho nitro benzene ring substituents is 1. The molecule has 0 saturated heterocycles. The zero-order valence-corrected chi connectivity index (χ0v) is 15.0. The highest BCUT2D eigenvalue weighted by molar-refractivity contribution is 6.34. The number of nitrogens with zero attached hydrogens (tertiary/aromatic N) is 3. The first-order chi connectivity index (χ1) is 12.8. The van der Waals surface area contributed by atoms with Crippen molar-refractivity contribution < 1.29 is 14.1 Å². The second-order valence-electron chi connectivity index (χ2n) is 5.47. The van der Waals surface area contributed by atoms with Crippen LogP contribution < -0.4 is 5.32 Å². The van der Waals surface area contributed by atoms with E-state index < -0.39 is 16.6 Å². The minimum atomic E-state index is -0.655. The molecule has 0 fully saturated rings. The van der Waals surface area contributed by atoms with Gasteiger partial charge in [0.2, 0.25) is 0 Å². The normalized spacial score (nSPS) is 10.6. The van der Waals surface area contributed by atoms with Gasteiger partial charge < -0.3 is 5.32 Å². The van der Waals surface area contributed by atoms with Gasteiger partial charge in [-0.2, -0.15) is 5.10 Å². The summed E-state index contributed by atoms with van der Waals surface area (Å²) in [7, 11) is 0. The lowest BCUT2D eigenvalue weighted by Crippen LogP contribution is -2.14. The molecule has 10 heteroatoms. The number of hydrogen-bond donors (Lipinski definition) is 1. The molecular weight excluding hydrogens is 398 g/mol. The Morgan fingerprint density at radius 2 is 2.00 bits per heavy atom. The Kier molecular flexibility index (Phi) is 5.38. The summed E-state index contributed by atoms with van der Waals surface area (Å²) in [6.45, 7) is 0.0684. The number of halogens is 3. The maximum atomic E-state index is 13.9. The molecule has 3 aromatic rings. The Morgan fingerprint density at radius 1 is 1.22 bits per heavy atom. The third-order valence-electron chi connectivity index (χ3n) is 3.67. The molecule has 0 aliphatic carbocycles. The van der Waals surface area contributed by atoms with Gasteiger partial charge >= 0.3 is 0 Å². The number of amides is 1. The number of nitro groups is 1. The van der Waals surface area contributed by atoms with Gasteiger partial charge in [-0.25, -0.2) is 4.39 Å². The predicted octanol–water partition coefficient (Wildman–Crippen LogP) is 4.54. The molecule has 0 spiro atoms. The van der Waals surface area contributed by atoms with Crippen molar-refractivity contribution >= 4 is 40.6 Å². The van der Waals surface area contributed by atoms with E-state index in [9.17, 15) is 19.3 Å². The Morgan fingerprint density at radius 3 is 2.70 bits per heavy atom. The summed E-state index contributed by atoms with van der Waals surface area (Å²) in [5.41, 5.74) is -0.0521. The monoisotopic (exact) mass is 408 g/mol. The first kappa shape index (κ1) is 18.8. The van der Waals surface area contributed by atoms with Crippen molar-refractivity contribution in [2.24, 2.45) is 0 Å². The molecule has 1 heterocycles. The van der Waals surface area contributed by atoms with Crippen LogP contribution in [0.3, 0.4) is 0 Å². The lowest BCUT2D eigenvalue weighted by Gasteiger charge is -2.06. The third kappa shape index (κ3) is 4.24. The number of carbonyl (C=O) groups is 1. The Hall–Kier alpha value is -2.97. The minimum Gasteiger partial charge on any atom is -0.305 e. The van der Waals surface area contributed by atoms with E-state index in [1.807, 2.05) is 0 Å². The van der Waals surface area contributed by atoms with Crippen LogP contribution in [0.2, 0.25) is 10.0 Å². The number of hydrogen-bond acceptors (Lipinski definition) is 4. The highest BCUT2D eigenvalue weighted by Gasteiger charge is 2.17. The molecule has 1 N–H and O–H groups in total. The van der Waals surface area contributed by atoms with Crippen LogP contribution in [0.15, 0.2) is 48.7 Å². The largest absolute Gasteiger partial charge is 0.305 e. The maximum Gasteiger partial charge on any atom is 0.270 e. The van der Waals surface area contributed by atoms with Gasteiger partial charge in [0, 0.05) is 35.0 Å². The summed E-state index contributed by atoms with van der Waals surface area (Å²) < 4.78 is 15.3. The summed E-state index contributed by atoms with van der Waals surface area (Å²) in [5.74, 6) is -0.945. The fraction of sp³-hybridized carbons (Fsp3) is 0.0588. The van der Waals surface area contributed by atoms with Crippen LogP contribution in [0.5, 0.6) is 0 Å². The number of anilines is 1.